The molecule has 0 aliphatic carbocycles. The van der Waals surface area contributed by atoms with Crippen LogP contribution < -0.4 is 15.5 Å². The number of carbonyl (C=O) groups is 1. The SMILES string of the molecule is Cc1ccc2c(c1)CCN2c1ncnc2sc(C(=O)NCC3CCNCC3)nc12. The molecule has 1 fully saturated rings. The highest BCUT2D eigenvalue weighted by molar-refractivity contribution is 7.19. The van der Waals surface area contributed by atoms with Gasteiger partial charge < -0.3 is 15.5 Å². The van der Waals surface area contributed by atoms with Crippen LogP contribution in [0.1, 0.15) is 33.8 Å². The highest BCUT2D eigenvalue weighted by Gasteiger charge is 2.26. The fourth-order valence-corrected chi connectivity index (χ4v) is 5.00. The van der Waals surface area contributed by atoms with Gasteiger partial charge >= 0.3 is 0 Å². The van der Waals surface area contributed by atoms with Crippen molar-refractivity contribution in [3.05, 3.63) is 40.7 Å². The Hall–Kier alpha value is -2.58. The van der Waals surface area contributed by atoms with Crippen molar-refractivity contribution < 1.29 is 4.79 Å². The molecule has 5 rings (SSSR count). The average molecular weight is 409 g/mol. The fraction of sp³-hybridized carbons (Fsp3) is 0.429. The molecule has 8 heteroatoms. The number of piperidine rings is 1. The lowest BCUT2D eigenvalue weighted by atomic mass is 9.98. The van der Waals surface area contributed by atoms with Crippen LogP contribution in [0.3, 0.4) is 0 Å². The summed E-state index contributed by atoms with van der Waals surface area (Å²) >= 11 is 1.34. The van der Waals surface area contributed by atoms with Crippen molar-refractivity contribution in [1.29, 1.82) is 0 Å². The van der Waals surface area contributed by atoms with E-state index in [2.05, 4.69) is 55.6 Å². The lowest BCUT2D eigenvalue weighted by Gasteiger charge is -2.22. The van der Waals surface area contributed by atoms with E-state index in [1.807, 2.05) is 0 Å². The summed E-state index contributed by atoms with van der Waals surface area (Å²) in [6.07, 6.45) is 4.75. The zero-order chi connectivity index (χ0) is 19.8. The van der Waals surface area contributed by atoms with E-state index in [0.717, 1.165) is 49.5 Å². The molecule has 3 aromatic rings. The van der Waals surface area contributed by atoms with Crippen LogP contribution in [-0.4, -0.2) is 47.0 Å². The number of rotatable bonds is 4. The van der Waals surface area contributed by atoms with Gasteiger partial charge in [-0.3, -0.25) is 4.79 Å². The molecule has 1 amide bonds. The Balaban J connectivity index is 1.40. The molecule has 2 aliphatic heterocycles. The summed E-state index contributed by atoms with van der Waals surface area (Å²) in [4.78, 5) is 29.2. The van der Waals surface area contributed by atoms with Gasteiger partial charge in [0.2, 0.25) is 0 Å². The first-order chi connectivity index (χ1) is 14.2. The molecule has 0 unspecified atom stereocenters. The number of aryl methyl sites for hydroxylation is 1. The lowest BCUT2D eigenvalue weighted by Crippen LogP contribution is -2.35. The van der Waals surface area contributed by atoms with Crippen molar-refractivity contribution in [2.45, 2.75) is 26.2 Å². The number of anilines is 2. The molecule has 0 saturated carbocycles. The first-order valence-electron chi connectivity index (χ1n) is 10.2. The summed E-state index contributed by atoms with van der Waals surface area (Å²) in [5, 5.41) is 6.87. The van der Waals surface area contributed by atoms with Crippen molar-refractivity contribution in [3.8, 4) is 0 Å². The number of nitrogens with one attached hydrogen (secondary N) is 2. The number of fused-ring (bicyclic) bond motifs is 2. The molecular weight excluding hydrogens is 384 g/mol. The van der Waals surface area contributed by atoms with Gasteiger partial charge in [-0.05, 0) is 56.8 Å². The Bertz CT molecular complexity index is 1060. The Labute approximate surface area is 173 Å². The number of amides is 1. The molecule has 2 N–H and O–H groups in total. The first kappa shape index (κ1) is 18.4. The topological polar surface area (TPSA) is 83.0 Å². The summed E-state index contributed by atoms with van der Waals surface area (Å²) < 4.78 is 0. The minimum atomic E-state index is -0.116. The van der Waals surface area contributed by atoms with E-state index < -0.39 is 0 Å². The molecule has 0 spiro atoms. The zero-order valence-corrected chi connectivity index (χ0v) is 17.3. The van der Waals surface area contributed by atoms with Crippen LogP contribution in [0.15, 0.2) is 24.5 Å². The van der Waals surface area contributed by atoms with Crippen molar-refractivity contribution in [2.75, 3.05) is 31.1 Å². The van der Waals surface area contributed by atoms with E-state index >= 15 is 0 Å². The zero-order valence-electron chi connectivity index (χ0n) is 16.4. The van der Waals surface area contributed by atoms with Gasteiger partial charge in [-0.1, -0.05) is 29.0 Å². The molecule has 2 aliphatic rings. The Kier molecular flexibility index (Phi) is 4.89. The Morgan fingerprint density at radius 3 is 3.03 bits per heavy atom. The van der Waals surface area contributed by atoms with Gasteiger partial charge in [0.15, 0.2) is 10.8 Å². The van der Waals surface area contributed by atoms with Gasteiger partial charge in [0.05, 0.1) is 0 Å². The molecule has 0 radical (unpaired) electrons. The molecule has 0 atom stereocenters. The monoisotopic (exact) mass is 408 g/mol. The molecule has 4 heterocycles. The second-order valence-electron chi connectivity index (χ2n) is 7.81. The first-order valence-corrected chi connectivity index (χ1v) is 11.0. The molecule has 0 bridgehead atoms. The molecule has 7 nitrogen and oxygen atoms in total. The summed E-state index contributed by atoms with van der Waals surface area (Å²) in [7, 11) is 0. The minimum Gasteiger partial charge on any atom is -0.350 e. The number of aromatic nitrogens is 3. The number of hydrogen-bond donors (Lipinski definition) is 2. The van der Waals surface area contributed by atoms with Crippen molar-refractivity contribution in [1.82, 2.24) is 25.6 Å². The molecule has 29 heavy (non-hydrogen) atoms. The maximum absolute atomic E-state index is 12.7. The quantitative estimate of drug-likeness (QED) is 0.691. The van der Waals surface area contributed by atoms with Crippen molar-refractivity contribution in [3.63, 3.8) is 0 Å². The van der Waals surface area contributed by atoms with Gasteiger partial charge in [0.25, 0.3) is 5.91 Å². The third-order valence-corrected chi connectivity index (χ3v) is 6.73. The van der Waals surface area contributed by atoms with Gasteiger partial charge in [-0.25, -0.2) is 15.0 Å². The second kappa shape index (κ2) is 7.68. The number of nitrogens with zero attached hydrogens (tertiary/aromatic N) is 4. The summed E-state index contributed by atoms with van der Waals surface area (Å²) in [6, 6.07) is 6.50. The lowest BCUT2D eigenvalue weighted by molar-refractivity contribution is 0.0944. The Morgan fingerprint density at radius 1 is 1.31 bits per heavy atom. The average Bonchev–Trinajstić information content (AvgIpc) is 3.36. The molecular formula is C21H24N6OS. The van der Waals surface area contributed by atoms with E-state index in [1.165, 1.54) is 28.2 Å². The number of thiazole rings is 1. The van der Waals surface area contributed by atoms with E-state index in [0.29, 0.717) is 23.0 Å². The Morgan fingerprint density at radius 2 is 2.17 bits per heavy atom. The van der Waals surface area contributed by atoms with Crippen molar-refractivity contribution >= 4 is 39.1 Å². The summed E-state index contributed by atoms with van der Waals surface area (Å²) in [5.74, 6) is 1.20. The third kappa shape index (κ3) is 3.58. The smallest absolute Gasteiger partial charge is 0.280 e. The van der Waals surface area contributed by atoms with E-state index in [4.69, 9.17) is 0 Å². The van der Waals surface area contributed by atoms with Gasteiger partial charge in [-0.2, -0.15) is 0 Å². The molecule has 1 aromatic carbocycles. The third-order valence-electron chi connectivity index (χ3n) is 5.77. The van der Waals surface area contributed by atoms with Crippen LogP contribution in [0.5, 0.6) is 0 Å². The van der Waals surface area contributed by atoms with E-state index in [9.17, 15) is 4.79 Å². The van der Waals surface area contributed by atoms with Crippen LogP contribution in [0.25, 0.3) is 10.3 Å². The second-order valence-corrected chi connectivity index (χ2v) is 8.78. The van der Waals surface area contributed by atoms with Crippen LogP contribution in [0.4, 0.5) is 11.5 Å². The van der Waals surface area contributed by atoms with Crippen molar-refractivity contribution in [2.24, 2.45) is 5.92 Å². The van der Waals surface area contributed by atoms with Gasteiger partial charge in [0.1, 0.15) is 16.7 Å². The van der Waals surface area contributed by atoms with Crippen LogP contribution in [0, 0.1) is 12.8 Å². The molecule has 1 saturated heterocycles. The maximum Gasteiger partial charge on any atom is 0.280 e. The number of carbonyl (C=O) groups excluding carboxylic acids is 1. The van der Waals surface area contributed by atoms with Crippen LogP contribution >= 0.6 is 11.3 Å². The van der Waals surface area contributed by atoms with E-state index in [-0.39, 0.29) is 5.91 Å². The summed E-state index contributed by atoms with van der Waals surface area (Å²) in [6.45, 7) is 5.73. The predicted molar refractivity (Wildman–Crippen MR) is 115 cm³/mol. The van der Waals surface area contributed by atoms with Gasteiger partial charge in [0, 0.05) is 18.8 Å². The normalized spacial score (nSPS) is 16.9. The van der Waals surface area contributed by atoms with Crippen LogP contribution in [0.2, 0.25) is 0 Å². The summed E-state index contributed by atoms with van der Waals surface area (Å²) in [5.41, 5.74) is 4.46. The fourth-order valence-electron chi connectivity index (χ4n) is 4.19. The molecule has 150 valence electrons. The largest absolute Gasteiger partial charge is 0.350 e. The van der Waals surface area contributed by atoms with Gasteiger partial charge in [-0.15, -0.1) is 0 Å². The molecule has 2 aromatic heterocycles. The number of hydrogen-bond acceptors (Lipinski definition) is 7. The van der Waals surface area contributed by atoms with E-state index in [1.54, 1.807) is 6.33 Å². The minimum absolute atomic E-state index is 0.116. The predicted octanol–water partition coefficient (Wildman–Crippen LogP) is 2.82. The standard InChI is InChI=1S/C21H24N6OS/c1-13-2-3-16-15(10-13)6-9-27(16)18-17-20(25-12-24-18)29-21(26-17)19(28)23-11-14-4-7-22-8-5-14/h2-3,10,12,14,22H,4-9,11H2,1H3,(H,23,28). The highest BCUT2D eigenvalue weighted by atomic mass is 32.1. The van der Waals surface area contributed by atoms with Crippen LogP contribution in [-0.2, 0) is 6.42 Å². The maximum atomic E-state index is 12.7. The highest BCUT2D eigenvalue weighted by Crippen LogP contribution is 2.37. The number of benzene rings is 1.